The van der Waals surface area contributed by atoms with E-state index in [2.05, 4.69) is 31.1 Å². The van der Waals surface area contributed by atoms with E-state index in [1.165, 1.54) is 23.5 Å². The second-order valence-electron chi connectivity index (χ2n) is 3.40. The Morgan fingerprint density at radius 2 is 1.83 bits per heavy atom. The maximum atomic E-state index is 12.8. The highest BCUT2D eigenvalue weighted by molar-refractivity contribution is 9.11. The molecule has 0 radical (unpaired) electrons. The molecule has 0 atom stereocenters. The third-order valence-corrected chi connectivity index (χ3v) is 3.67. The van der Waals surface area contributed by atoms with Gasteiger partial charge >= 0.3 is 0 Å². The van der Waals surface area contributed by atoms with Gasteiger partial charge in [-0.3, -0.25) is 0 Å². The molecule has 0 aliphatic heterocycles. The zero-order valence-electron chi connectivity index (χ0n) is 8.80. The van der Waals surface area contributed by atoms with Crippen molar-refractivity contribution in [1.82, 2.24) is 15.2 Å². The van der Waals surface area contributed by atoms with Gasteiger partial charge in [0.25, 0.3) is 5.89 Å². The van der Waals surface area contributed by atoms with E-state index in [0.717, 1.165) is 8.79 Å². The van der Waals surface area contributed by atoms with E-state index in [0.29, 0.717) is 17.3 Å². The molecule has 7 heteroatoms. The van der Waals surface area contributed by atoms with Crippen molar-refractivity contribution in [3.8, 4) is 22.2 Å². The average molecular weight is 326 g/mol. The zero-order chi connectivity index (χ0) is 12.5. The van der Waals surface area contributed by atoms with Crippen molar-refractivity contribution in [2.24, 2.45) is 0 Å². The number of benzene rings is 1. The number of hydrogen-bond donors (Lipinski definition) is 0. The third kappa shape index (κ3) is 2.19. The Labute approximate surface area is 114 Å². The molecule has 90 valence electrons. The van der Waals surface area contributed by atoms with Crippen LogP contribution in [-0.2, 0) is 0 Å². The van der Waals surface area contributed by atoms with Crippen LogP contribution < -0.4 is 0 Å². The molecule has 0 aliphatic carbocycles. The Hall–Kier alpha value is -1.60. The van der Waals surface area contributed by atoms with Crippen LogP contribution in [0.5, 0.6) is 0 Å². The Balaban J connectivity index is 1.96. The molecule has 0 aliphatic rings. The van der Waals surface area contributed by atoms with Gasteiger partial charge in [-0.25, -0.2) is 9.37 Å². The minimum atomic E-state index is -0.301. The van der Waals surface area contributed by atoms with E-state index in [1.54, 1.807) is 18.3 Å². The van der Waals surface area contributed by atoms with Crippen LogP contribution in [0.3, 0.4) is 0 Å². The Bertz CT molecular complexity index is 680. The molecule has 0 bridgehead atoms. The lowest BCUT2D eigenvalue weighted by atomic mass is 10.2. The first-order valence-electron chi connectivity index (χ1n) is 4.93. The lowest BCUT2D eigenvalue weighted by Gasteiger charge is -1.93. The molecule has 0 spiro atoms. The van der Waals surface area contributed by atoms with Crippen molar-refractivity contribution in [3.63, 3.8) is 0 Å². The molecule has 0 fully saturated rings. The lowest BCUT2D eigenvalue weighted by molar-refractivity contribution is 0.585. The van der Waals surface area contributed by atoms with Gasteiger partial charge in [-0.15, -0.1) is 21.5 Å². The summed E-state index contributed by atoms with van der Waals surface area (Å²) < 4.78 is 19.1. The van der Waals surface area contributed by atoms with E-state index in [9.17, 15) is 4.39 Å². The predicted octanol–water partition coefficient (Wildman–Crippen LogP) is 3.76. The predicted molar refractivity (Wildman–Crippen MR) is 68.5 cm³/mol. The largest absolute Gasteiger partial charge is 0.415 e. The third-order valence-electron chi connectivity index (χ3n) is 2.20. The number of thiazole rings is 1. The Kier molecular flexibility index (Phi) is 2.92. The molecule has 4 nitrogen and oxygen atoms in total. The SMILES string of the molecule is Fc1ccc(-c2nnc(-c3cnc(Br)s3)o2)cc1. The molecule has 3 rings (SSSR count). The summed E-state index contributed by atoms with van der Waals surface area (Å²) in [5.74, 6) is 0.455. The molecule has 0 N–H and O–H groups in total. The van der Waals surface area contributed by atoms with Gasteiger partial charge in [-0.05, 0) is 40.2 Å². The number of nitrogens with zero attached hydrogens (tertiary/aromatic N) is 3. The fraction of sp³-hybridized carbons (Fsp3) is 0. The van der Waals surface area contributed by atoms with Crippen LogP contribution in [0.2, 0.25) is 0 Å². The fourth-order valence-electron chi connectivity index (χ4n) is 1.38. The molecule has 2 aromatic heterocycles. The first-order valence-corrected chi connectivity index (χ1v) is 6.54. The first-order chi connectivity index (χ1) is 8.72. The molecule has 0 unspecified atom stereocenters. The van der Waals surface area contributed by atoms with Crippen molar-refractivity contribution in [2.75, 3.05) is 0 Å². The monoisotopic (exact) mass is 325 g/mol. The minimum Gasteiger partial charge on any atom is -0.415 e. The van der Waals surface area contributed by atoms with E-state index in [-0.39, 0.29) is 5.82 Å². The molecule has 0 saturated heterocycles. The van der Waals surface area contributed by atoms with Gasteiger partial charge in [0.05, 0.1) is 6.20 Å². The second kappa shape index (κ2) is 4.58. The van der Waals surface area contributed by atoms with Crippen LogP contribution in [0, 0.1) is 5.82 Å². The molecule has 18 heavy (non-hydrogen) atoms. The second-order valence-corrected chi connectivity index (χ2v) is 5.70. The maximum Gasteiger partial charge on any atom is 0.259 e. The van der Waals surface area contributed by atoms with Crippen molar-refractivity contribution < 1.29 is 8.81 Å². The highest BCUT2D eigenvalue weighted by Crippen LogP contribution is 2.29. The number of halogens is 2. The summed E-state index contributed by atoms with van der Waals surface area (Å²) in [6.07, 6.45) is 1.65. The Morgan fingerprint density at radius 3 is 2.50 bits per heavy atom. The van der Waals surface area contributed by atoms with E-state index in [4.69, 9.17) is 4.42 Å². The molecular formula is C11H5BrFN3OS. The minimum absolute atomic E-state index is 0.301. The molecule has 3 aromatic rings. The molecule has 2 heterocycles. The average Bonchev–Trinajstić information content (AvgIpc) is 2.98. The molecular weight excluding hydrogens is 321 g/mol. The van der Waals surface area contributed by atoms with Crippen molar-refractivity contribution in [3.05, 3.63) is 40.2 Å². The normalized spacial score (nSPS) is 10.8. The lowest BCUT2D eigenvalue weighted by Crippen LogP contribution is -1.78. The molecule has 1 aromatic carbocycles. The summed E-state index contributed by atoms with van der Waals surface area (Å²) in [5.41, 5.74) is 0.679. The van der Waals surface area contributed by atoms with Gasteiger partial charge in [0, 0.05) is 5.56 Å². The summed E-state index contributed by atoms with van der Waals surface area (Å²) in [6, 6.07) is 5.88. The summed E-state index contributed by atoms with van der Waals surface area (Å²) in [5, 5.41) is 7.86. The topological polar surface area (TPSA) is 51.8 Å². The summed E-state index contributed by atoms with van der Waals surface area (Å²) >= 11 is 4.67. The fourth-order valence-corrected chi connectivity index (χ4v) is 2.57. The summed E-state index contributed by atoms with van der Waals surface area (Å²) in [4.78, 5) is 4.82. The number of rotatable bonds is 2. The maximum absolute atomic E-state index is 12.8. The summed E-state index contributed by atoms with van der Waals surface area (Å²) in [6.45, 7) is 0. The van der Waals surface area contributed by atoms with Crippen LogP contribution in [0.15, 0.2) is 38.8 Å². The molecule has 0 saturated carbocycles. The quantitative estimate of drug-likeness (QED) is 0.719. The first kappa shape index (κ1) is 11.5. The number of aromatic nitrogens is 3. The van der Waals surface area contributed by atoms with Gasteiger partial charge < -0.3 is 4.42 Å². The van der Waals surface area contributed by atoms with Crippen LogP contribution >= 0.6 is 27.3 Å². The van der Waals surface area contributed by atoms with E-state index < -0.39 is 0 Å². The molecule has 0 amide bonds. The van der Waals surface area contributed by atoms with Crippen molar-refractivity contribution >= 4 is 27.3 Å². The van der Waals surface area contributed by atoms with Crippen molar-refractivity contribution in [2.45, 2.75) is 0 Å². The van der Waals surface area contributed by atoms with Gasteiger partial charge in [-0.2, -0.15) is 0 Å². The highest BCUT2D eigenvalue weighted by Gasteiger charge is 2.12. The van der Waals surface area contributed by atoms with Crippen LogP contribution in [0.4, 0.5) is 4.39 Å². The smallest absolute Gasteiger partial charge is 0.259 e. The van der Waals surface area contributed by atoms with Gasteiger partial charge in [0.1, 0.15) is 10.7 Å². The van der Waals surface area contributed by atoms with Gasteiger partial charge in [0.2, 0.25) is 5.89 Å². The van der Waals surface area contributed by atoms with Crippen LogP contribution in [0.1, 0.15) is 0 Å². The standard InChI is InChI=1S/C11H5BrFN3OS/c12-11-14-5-8(18-11)10-16-15-9(17-10)6-1-3-7(13)4-2-6/h1-5H. The van der Waals surface area contributed by atoms with Gasteiger partial charge in [0.15, 0.2) is 3.92 Å². The van der Waals surface area contributed by atoms with E-state index in [1.807, 2.05) is 0 Å². The zero-order valence-corrected chi connectivity index (χ0v) is 11.2. The van der Waals surface area contributed by atoms with E-state index >= 15 is 0 Å². The summed E-state index contributed by atoms with van der Waals surface area (Å²) in [7, 11) is 0. The Morgan fingerprint density at radius 1 is 1.11 bits per heavy atom. The van der Waals surface area contributed by atoms with Crippen LogP contribution in [-0.4, -0.2) is 15.2 Å². The van der Waals surface area contributed by atoms with Crippen LogP contribution in [0.25, 0.3) is 22.2 Å². The van der Waals surface area contributed by atoms with Crippen molar-refractivity contribution in [1.29, 1.82) is 0 Å². The highest BCUT2D eigenvalue weighted by atomic mass is 79.9. The van der Waals surface area contributed by atoms with Gasteiger partial charge in [-0.1, -0.05) is 0 Å². The number of hydrogen-bond acceptors (Lipinski definition) is 5.